The number of nitro groups is 1. The average molecular weight is 167 g/mol. The summed E-state index contributed by atoms with van der Waals surface area (Å²) in [6, 6.07) is 5.86. The van der Waals surface area contributed by atoms with Crippen LogP contribution in [0.1, 0.15) is 5.56 Å². The molecule has 3 nitrogen and oxygen atoms in total. The van der Waals surface area contributed by atoms with Crippen LogP contribution < -0.4 is 0 Å². The quantitative estimate of drug-likeness (QED) is 0.499. The van der Waals surface area contributed by atoms with Gasteiger partial charge in [0, 0.05) is 11.6 Å². The van der Waals surface area contributed by atoms with Gasteiger partial charge in [-0.1, -0.05) is 18.2 Å². The van der Waals surface area contributed by atoms with Crippen molar-refractivity contribution in [3.05, 3.63) is 52.0 Å². The Labute approximate surface area is 68.3 Å². The van der Waals surface area contributed by atoms with Gasteiger partial charge in [0.05, 0.1) is 4.92 Å². The van der Waals surface area contributed by atoms with Crippen LogP contribution in [0.25, 0.3) is 6.08 Å². The second-order valence-corrected chi connectivity index (χ2v) is 2.12. The van der Waals surface area contributed by atoms with Crippen LogP contribution in [0, 0.1) is 15.9 Å². The van der Waals surface area contributed by atoms with E-state index in [1.165, 1.54) is 18.2 Å². The molecular weight excluding hydrogens is 161 g/mol. The molecule has 0 spiro atoms. The zero-order chi connectivity index (χ0) is 8.97. The van der Waals surface area contributed by atoms with Crippen molar-refractivity contribution in [3.8, 4) is 0 Å². The van der Waals surface area contributed by atoms with Crippen molar-refractivity contribution >= 4 is 6.08 Å². The van der Waals surface area contributed by atoms with E-state index >= 15 is 0 Å². The van der Waals surface area contributed by atoms with Gasteiger partial charge < -0.3 is 0 Å². The second kappa shape index (κ2) is 3.61. The summed E-state index contributed by atoms with van der Waals surface area (Å²) in [5, 5.41) is 9.88. The van der Waals surface area contributed by atoms with Gasteiger partial charge in [0.2, 0.25) is 6.20 Å². The van der Waals surface area contributed by atoms with Gasteiger partial charge in [-0.05, 0) is 6.07 Å². The Hall–Kier alpha value is -1.71. The van der Waals surface area contributed by atoms with Gasteiger partial charge in [-0.3, -0.25) is 10.1 Å². The van der Waals surface area contributed by atoms with Crippen molar-refractivity contribution in [2.75, 3.05) is 0 Å². The van der Waals surface area contributed by atoms with E-state index in [4.69, 9.17) is 0 Å². The highest BCUT2D eigenvalue weighted by molar-refractivity contribution is 5.48. The van der Waals surface area contributed by atoms with Crippen molar-refractivity contribution in [2.45, 2.75) is 0 Å². The number of nitrogens with zero attached hydrogens (tertiary/aromatic N) is 1. The molecule has 0 radical (unpaired) electrons. The number of benzene rings is 1. The highest BCUT2D eigenvalue weighted by Gasteiger charge is 1.96. The lowest BCUT2D eigenvalue weighted by atomic mass is 10.2. The third-order valence-electron chi connectivity index (χ3n) is 1.28. The summed E-state index contributed by atoms with van der Waals surface area (Å²) in [7, 11) is 0. The highest BCUT2D eigenvalue weighted by atomic mass is 19.1. The highest BCUT2D eigenvalue weighted by Crippen LogP contribution is 2.07. The number of hydrogen-bond acceptors (Lipinski definition) is 2. The van der Waals surface area contributed by atoms with Gasteiger partial charge in [-0.2, -0.15) is 0 Å². The summed E-state index contributed by atoms with van der Waals surface area (Å²) in [6.07, 6.45) is 1.83. The van der Waals surface area contributed by atoms with Gasteiger partial charge in [0.25, 0.3) is 0 Å². The van der Waals surface area contributed by atoms with E-state index in [0.717, 1.165) is 6.08 Å². The van der Waals surface area contributed by atoms with E-state index in [9.17, 15) is 14.5 Å². The summed E-state index contributed by atoms with van der Waals surface area (Å²) in [4.78, 5) is 9.25. The summed E-state index contributed by atoms with van der Waals surface area (Å²) in [5.41, 5.74) is 0.217. The first-order valence-corrected chi connectivity index (χ1v) is 3.26. The van der Waals surface area contributed by atoms with Crippen molar-refractivity contribution < 1.29 is 9.31 Å². The van der Waals surface area contributed by atoms with Gasteiger partial charge >= 0.3 is 0 Å². The van der Waals surface area contributed by atoms with Crippen molar-refractivity contribution in [1.29, 1.82) is 0 Å². The molecule has 0 amide bonds. The van der Waals surface area contributed by atoms with Crippen molar-refractivity contribution in [2.24, 2.45) is 0 Å². The standard InChI is InChI=1S/C8H6FNO2/c9-8-4-2-1-3-7(8)5-6-10(11)12/h1-6H. The molecule has 0 saturated heterocycles. The Balaban J connectivity index is 2.89. The van der Waals surface area contributed by atoms with Crippen LogP contribution in [0.2, 0.25) is 0 Å². The van der Waals surface area contributed by atoms with E-state index in [2.05, 4.69) is 0 Å². The average Bonchev–Trinajstić information content (AvgIpc) is 2.03. The molecule has 0 heterocycles. The molecule has 62 valence electrons. The summed E-state index contributed by atoms with van der Waals surface area (Å²) >= 11 is 0. The maximum absolute atomic E-state index is 12.8. The zero-order valence-electron chi connectivity index (χ0n) is 6.11. The smallest absolute Gasteiger partial charge is 0.235 e. The lowest BCUT2D eigenvalue weighted by Crippen LogP contribution is -1.84. The van der Waals surface area contributed by atoms with Gasteiger partial charge in [0.15, 0.2) is 0 Å². The van der Waals surface area contributed by atoms with Crippen LogP contribution in [0.4, 0.5) is 4.39 Å². The fourth-order valence-corrected chi connectivity index (χ4v) is 0.751. The fourth-order valence-electron chi connectivity index (χ4n) is 0.751. The molecule has 0 bridgehead atoms. The predicted molar refractivity (Wildman–Crippen MR) is 42.4 cm³/mol. The number of halogens is 1. The Bertz CT molecular complexity index is 323. The lowest BCUT2D eigenvalue weighted by molar-refractivity contribution is -0.400. The minimum absolute atomic E-state index is 0.217. The molecule has 0 atom stereocenters. The Kier molecular flexibility index (Phi) is 2.53. The first kappa shape index (κ1) is 8.39. The van der Waals surface area contributed by atoms with Crippen LogP contribution in [-0.2, 0) is 0 Å². The van der Waals surface area contributed by atoms with Crippen LogP contribution >= 0.6 is 0 Å². The third kappa shape index (κ3) is 2.16. The van der Waals surface area contributed by atoms with Gasteiger partial charge in [0.1, 0.15) is 5.82 Å². The van der Waals surface area contributed by atoms with E-state index in [1.54, 1.807) is 6.07 Å². The monoisotopic (exact) mass is 167 g/mol. The van der Waals surface area contributed by atoms with Crippen LogP contribution in [-0.4, -0.2) is 4.92 Å². The molecule has 4 heteroatoms. The van der Waals surface area contributed by atoms with E-state index in [1.807, 2.05) is 0 Å². The number of hydrogen-bond donors (Lipinski definition) is 0. The topological polar surface area (TPSA) is 43.1 Å². The second-order valence-electron chi connectivity index (χ2n) is 2.12. The summed E-state index contributed by atoms with van der Waals surface area (Å²) in [5.74, 6) is -0.462. The maximum atomic E-state index is 12.8. The Morgan fingerprint density at radius 3 is 2.67 bits per heavy atom. The molecule has 12 heavy (non-hydrogen) atoms. The van der Waals surface area contributed by atoms with E-state index < -0.39 is 10.7 Å². The molecule has 1 rings (SSSR count). The number of rotatable bonds is 2. The molecule has 1 aromatic rings. The molecule has 0 aliphatic heterocycles. The molecular formula is C8H6FNO2. The van der Waals surface area contributed by atoms with Crippen molar-refractivity contribution in [1.82, 2.24) is 0 Å². The third-order valence-corrected chi connectivity index (χ3v) is 1.28. The molecule has 0 unspecified atom stereocenters. The van der Waals surface area contributed by atoms with E-state index in [0.29, 0.717) is 6.20 Å². The zero-order valence-corrected chi connectivity index (χ0v) is 6.11. The molecule has 0 saturated carbocycles. The summed E-state index contributed by atoms with van der Waals surface area (Å²) in [6.45, 7) is 0. The molecule has 0 aliphatic carbocycles. The Morgan fingerprint density at radius 2 is 2.08 bits per heavy atom. The van der Waals surface area contributed by atoms with Crippen LogP contribution in [0.5, 0.6) is 0 Å². The van der Waals surface area contributed by atoms with Crippen LogP contribution in [0.3, 0.4) is 0 Å². The molecule has 1 aromatic carbocycles. The normalized spacial score (nSPS) is 10.4. The minimum atomic E-state index is -0.632. The SMILES string of the molecule is O=[N+]([O-])C=Cc1ccccc1F. The molecule has 0 aliphatic rings. The molecule has 0 N–H and O–H groups in total. The minimum Gasteiger partial charge on any atom is -0.259 e. The van der Waals surface area contributed by atoms with Gasteiger partial charge in [-0.15, -0.1) is 0 Å². The van der Waals surface area contributed by atoms with Crippen molar-refractivity contribution in [3.63, 3.8) is 0 Å². The van der Waals surface area contributed by atoms with Crippen LogP contribution in [0.15, 0.2) is 30.5 Å². The predicted octanol–water partition coefficient (Wildman–Crippen LogP) is 2.07. The summed E-state index contributed by atoms with van der Waals surface area (Å²) < 4.78 is 12.8. The fraction of sp³-hybridized carbons (Fsp3) is 0. The molecule has 0 fully saturated rings. The molecule has 0 aromatic heterocycles. The first-order chi connectivity index (χ1) is 5.70. The first-order valence-electron chi connectivity index (χ1n) is 3.26. The van der Waals surface area contributed by atoms with E-state index in [-0.39, 0.29) is 5.56 Å². The van der Waals surface area contributed by atoms with Gasteiger partial charge in [-0.25, -0.2) is 4.39 Å². The lowest BCUT2D eigenvalue weighted by Gasteiger charge is -1.91. The maximum Gasteiger partial charge on any atom is 0.235 e. The largest absolute Gasteiger partial charge is 0.259 e. The Morgan fingerprint density at radius 1 is 1.42 bits per heavy atom.